The van der Waals surface area contributed by atoms with Crippen molar-refractivity contribution in [2.75, 3.05) is 16.8 Å². The number of nitrogens with two attached hydrogens (primary N) is 1. The van der Waals surface area contributed by atoms with Crippen molar-refractivity contribution in [1.82, 2.24) is 0 Å². The number of fused-ring (bicyclic) bond motifs is 3. The number of allylic oxidation sites excluding steroid dienone is 3. The number of carbonyl (C=O) groups is 1. The smallest absolute Gasteiger partial charge is 0.381 e. The summed E-state index contributed by atoms with van der Waals surface area (Å²) in [5.74, 6) is 0.784. The Labute approximate surface area is 178 Å². The Morgan fingerprint density at radius 1 is 1.27 bits per heavy atom. The molecule has 2 heterocycles. The molecule has 1 amide bonds. The van der Waals surface area contributed by atoms with E-state index in [1.807, 2.05) is 12.2 Å². The molecule has 0 radical (unpaired) electrons. The van der Waals surface area contributed by atoms with Crippen LogP contribution in [0.5, 0.6) is 0 Å². The largest absolute Gasteiger partial charge is 0.416 e. The molecule has 2 aliphatic heterocycles. The van der Waals surface area contributed by atoms with E-state index in [0.717, 1.165) is 25.3 Å². The van der Waals surface area contributed by atoms with E-state index in [9.17, 15) is 18.0 Å². The summed E-state index contributed by atoms with van der Waals surface area (Å²) in [7, 11) is 0. The molecule has 0 saturated carbocycles. The maximum Gasteiger partial charge on any atom is 0.416 e. The molecular formula is C22H25F3N2O2S. The van der Waals surface area contributed by atoms with E-state index in [1.165, 1.54) is 23.9 Å². The van der Waals surface area contributed by atoms with E-state index in [0.29, 0.717) is 17.0 Å². The van der Waals surface area contributed by atoms with Gasteiger partial charge in [-0.2, -0.15) is 13.2 Å². The van der Waals surface area contributed by atoms with Crippen molar-refractivity contribution >= 4 is 23.4 Å². The Hall–Kier alpha value is -1.93. The topological polar surface area (TPSA) is 64.4 Å². The third-order valence-corrected chi connectivity index (χ3v) is 7.14. The summed E-state index contributed by atoms with van der Waals surface area (Å²) in [5.41, 5.74) is 5.84. The molecule has 1 fully saturated rings. The SMILES string of the molecule is NC(=O)CSC[C@H]1CC[C@@H]2[C@H](O1)c1cc(C(F)(F)F)ccc1N[C@H]2C1C=CC=CC1. The molecule has 0 aromatic heterocycles. The molecule has 162 valence electrons. The van der Waals surface area contributed by atoms with Crippen LogP contribution in [0, 0.1) is 11.8 Å². The van der Waals surface area contributed by atoms with Crippen LogP contribution in [0.4, 0.5) is 18.9 Å². The summed E-state index contributed by atoms with van der Waals surface area (Å²) in [4.78, 5) is 11.0. The highest BCUT2D eigenvalue weighted by molar-refractivity contribution is 7.99. The second kappa shape index (κ2) is 8.67. The third kappa shape index (κ3) is 4.54. The van der Waals surface area contributed by atoms with Gasteiger partial charge in [0.2, 0.25) is 5.91 Å². The Morgan fingerprint density at radius 3 is 2.80 bits per heavy atom. The second-order valence-electron chi connectivity index (χ2n) is 8.08. The maximum absolute atomic E-state index is 13.3. The number of rotatable bonds is 5. The number of nitrogens with one attached hydrogen (secondary N) is 1. The number of benzene rings is 1. The molecule has 1 aromatic carbocycles. The Kier molecular flexibility index (Phi) is 6.16. The molecule has 30 heavy (non-hydrogen) atoms. The standard InChI is InChI=1S/C22H25F3N2O2S/c23-22(24,25)14-6-9-18-17(10-14)21-16(20(27-18)13-4-2-1-3-5-13)8-7-15(29-21)11-30-12-19(26)28/h1-4,6,9-10,13,15-16,20-21,27H,5,7-8,11-12H2,(H2,26,28)/t13?,15-,16+,20+,21+/m1/s1. The van der Waals surface area contributed by atoms with Gasteiger partial charge in [0.05, 0.1) is 23.5 Å². The van der Waals surface area contributed by atoms with Crippen molar-refractivity contribution in [3.8, 4) is 0 Å². The van der Waals surface area contributed by atoms with Crippen molar-refractivity contribution in [3.63, 3.8) is 0 Å². The van der Waals surface area contributed by atoms with Crippen molar-refractivity contribution in [3.05, 3.63) is 53.6 Å². The molecule has 1 saturated heterocycles. The van der Waals surface area contributed by atoms with Gasteiger partial charge in [-0.05, 0) is 37.5 Å². The molecular weight excluding hydrogens is 413 g/mol. The van der Waals surface area contributed by atoms with Crippen molar-refractivity contribution in [2.24, 2.45) is 17.6 Å². The van der Waals surface area contributed by atoms with Gasteiger partial charge in [-0.3, -0.25) is 4.79 Å². The van der Waals surface area contributed by atoms with Crippen LogP contribution in [0.3, 0.4) is 0 Å². The summed E-state index contributed by atoms with van der Waals surface area (Å²) in [6.07, 6.45) is 5.98. The summed E-state index contributed by atoms with van der Waals surface area (Å²) in [6.45, 7) is 0. The first-order chi connectivity index (χ1) is 14.3. The first-order valence-electron chi connectivity index (χ1n) is 10.2. The number of carbonyl (C=O) groups excluding carboxylic acids is 1. The van der Waals surface area contributed by atoms with E-state index in [2.05, 4.69) is 17.5 Å². The Bertz CT molecular complexity index is 855. The molecule has 1 aliphatic carbocycles. The maximum atomic E-state index is 13.3. The van der Waals surface area contributed by atoms with E-state index >= 15 is 0 Å². The molecule has 5 atom stereocenters. The van der Waals surface area contributed by atoms with Gasteiger partial charge in [0, 0.05) is 34.9 Å². The quantitative estimate of drug-likeness (QED) is 0.700. The third-order valence-electron chi connectivity index (χ3n) is 6.04. The van der Waals surface area contributed by atoms with Gasteiger partial charge in [0.15, 0.2) is 0 Å². The predicted octanol–water partition coefficient (Wildman–Crippen LogP) is 4.69. The number of thioether (sulfide) groups is 1. The first-order valence-corrected chi connectivity index (χ1v) is 11.3. The molecule has 1 unspecified atom stereocenters. The minimum Gasteiger partial charge on any atom is -0.381 e. The lowest BCUT2D eigenvalue weighted by Gasteiger charge is -2.47. The van der Waals surface area contributed by atoms with Crippen LogP contribution < -0.4 is 11.1 Å². The minimum atomic E-state index is -4.40. The zero-order valence-electron chi connectivity index (χ0n) is 16.4. The van der Waals surface area contributed by atoms with Gasteiger partial charge < -0.3 is 15.8 Å². The minimum absolute atomic E-state index is 0.0829. The number of halogens is 3. The number of anilines is 1. The van der Waals surface area contributed by atoms with Gasteiger partial charge in [-0.25, -0.2) is 0 Å². The normalized spacial score (nSPS) is 30.3. The predicted molar refractivity (Wildman–Crippen MR) is 112 cm³/mol. The number of amides is 1. The van der Waals surface area contributed by atoms with E-state index in [4.69, 9.17) is 10.5 Å². The molecule has 8 heteroatoms. The fourth-order valence-corrected chi connectivity index (χ4v) is 5.50. The highest BCUT2D eigenvalue weighted by Crippen LogP contribution is 2.49. The molecule has 0 bridgehead atoms. The summed E-state index contributed by atoms with van der Waals surface area (Å²) in [6, 6.07) is 3.98. The lowest BCUT2D eigenvalue weighted by atomic mass is 9.73. The molecule has 4 nitrogen and oxygen atoms in total. The number of hydrogen-bond acceptors (Lipinski definition) is 4. The summed E-state index contributed by atoms with van der Waals surface area (Å²) in [5, 5.41) is 3.52. The molecule has 4 rings (SSSR count). The fourth-order valence-electron chi connectivity index (χ4n) is 4.67. The summed E-state index contributed by atoms with van der Waals surface area (Å²) >= 11 is 1.41. The monoisotopic (exact) mass is 438 g/mol. The van der Waals surface area contributed by atoms with Gasteiger partial charge in [-0.1, -0.05) is 24.3 Å². The van der Waals surface area contributed by atoms with E-state index in [1.54, 1.807) is 0 Å². The van der Waals surface area contributed by atoms with E-state index in [-0.39, 0.29) is 35.6 Å². The van der Waals surface area contributed by atoms with Gasteiger partial charge in [0.1, 0.15) is 0 Å². The van der Waals surface area contributed by atoms with Crippen molar-refractivity contribution < 1.29 is 22.7 Å². The molecule has 3 N–H and O–H groups in total. The van der Waals surface area contributed by atoms with Gasteiger partial charge in [0.25, 0.3) is 0 Å². The van der Waals surface area contributed by atoms with Crippen LogP contribution in [-0.2, 0) is 15.7 Å². The van der Waals surface area contributed by atoms with Gasteiger partial charge >= 0.3 is 6.18 Å². The van der Waals surface area contributed by atoms with Crippen LogP contribution in [-0.4, -0.2) is 29.6 Å². The first kappa shape index (κ1) is 21.3. The van der Waals surface area contributed by atoms with Crippen LogP contribution in [0.25, 0.3) is 0 Å². The Balaban J connectivity index is 1.61. The van der Waals surface area contributed by atoms with Crippen molar-refractivity contribution in [1.29, 1.82) is 0 Å². The average molecular weight is 439 g/mol. The lowest BCUT2D eigenvalue weighted by molar-refractivity contribution is -0.138. The number of alkyl halides is 3. The number of primary amides is 1. The number of ether oxygens (including phenoxy) is 1. The van der Waals surface area contributed by atoms with Crippen LogP contribution >= 0.6 is 11.8 Å². The molecule has 1 aromatic rings. The molecule has 3 aliphatic rings. The van der Waals surface area contributed by atoms with Crippen LogP contribution in [0.15, 0.2) is 42.5 Å². The van der Waals surface area contributed by atoms with E-state index < -0.39 is 17.8 Å². The highest BCUT2D eigenvalue weighted by Gasteiger charge is 2.44. The van der Waals surface area contributed by atoms with Crippen molar-refractivity contribution in [2.45, 2.75) is 43.7 Å². The second-order valence-corrected chi connectivity index (χ2v) is 9.11. The zero-order valence-corrected chi connectivity index (χ0v) is 17.2. The van der Waals surface area contributed by atoms with Crippen LogP contribution in [0.2, 0.25) is 0 Å². The zero-order chi connectivity index (χ0) is 21.3. The summed E-state index contributed by atoms with van der Waals surface area (Å²) < 4.78 is 46.4. The fraction of sp³-hybridized carbons (Fsp3) is 0.500. The number of hydrogen-bond donors (Lipinski definition) is 2. The lowest BCUT2D eigenvalue weighted by Crippen LogP contribution is -2.47. The van der Waals surface area contributed by atoms with Gasteiger partial charge in [-0.15, -0.1) is 11.8 Å². The van der Waals surface area contributed by atoms with Crippen LogP contribution in [0.1, 0.15) is 36.5 Å². The molecule has 0 spiro atoms. The Morgan fingerprint density at radius 2 is 2.10 bits per heavy atom. The highest BCUT2D eigenvalue weighted by atomic mass is 32.2. The average Bonchev–Trinajstić information content (AvgIpc) is 2.72.